The quantitative estimate of drug-likeness (QED) is 0.846. The minimum Gasteiger partial charge on any atom is -0.496 e. The van der Waals surface area contributed by atoms with Crippen LogP contribution in [0.25, 0.3) is 0 Å². The second-order valence-corrected chi connectivity index (χ2v) is 5.18. The van der Waals surface area contributed by atoms with Gasteiger partial charge in [-0.1, -0.05) is 12.1 Å². The van der Waals surface area contributed by atoms with Crippen molar-refractivity contribution in [1.82, 2.24) is 5.32 Å². The zero-order valence-corrected chi connectivity index (χ0v) is 13.8. The summed E-state index contributed by atoms with van der Waals surface area (Å²) in [6.45, 7) is 1.67. The van der Waals surface area contributed by atoms with Crippen LogP contribution in [-0.2, 0) is 4.79 Å². The van der Waals surface area contributed by atoms with Gasteiger partial charge in [-0.15, -0.1) is 0 Å². The molecule has 128 valence electrons. The van der Waals surface area contributed by atoms with Crippen LogP contribution in [0, 0.1) is 5.82 Å². The summed E-state index contributed by atoms with van der Waals surface area (Å²) < 4.78 is 28.7. The lowest BCUT2D eigenvalue weighted by Gasteiger charge is -2.15. The molecule has 0 saturated carbocycles. The molecular weight excluding hydrogens is 313 g/mol. The second-order valence-electron chi connectivity index (χ2n) is 5.18. The monoisotopic (exact) mass is 333 g/mol. The Balaban J connectivity index is 1.92. The summed E-state index contributed by atoms with van der Waals surface area (Å²) in [5, 5.41) is 2.79. The Kier molecular flexibility index (Phi) is 6.01. The van der Waals surface area contributed by atoms with Gasteiger partial charge in [0.1, 0.15) is 23.1 Å². The summed E-state index contributed by atoms with van der Waals surface area (Å²) in [5.74, 6) is 1.02. The Morgan fingerprint density at radius 2 is 1.58 bits per heavy atom. The van der Waals surface area contributed by atoms with Crippen LogP contribution in [-0.4, -0.2) is 26.7 Å². The fraction of sp³-hybridized carbons (Fsp3) is 0.278. The lowest BCUT2D eigenvalue weighted by molar-refractivity contribution is -0.123. The average Bonchev–Trinajstić information content (AvgIpc) is 2.60. The maximum Gasteiger partial charge on any atom is 0.258 e. The molecule has 2 rings (SSSR count). The molecular formula is C18H20FNO4. The Hall–Kier alpha value is -2.76. The van der Waals surface area contributed by atoms with Gasteiger partial charge in [0.25, 0.3) is 5.91 Å². The standard InChI is InChI=1S/C18H20FNO4/c1-12(13-4-6-14(19)7-5-13)20-18(21)11-24-17-9-15(22-2)8-16(10-17)23-3/h4-10,12H,11H2,1-3H3,(H,20,21)/t12-/m0/s1. The molecule has 1 atom stereocenters. The van der Waals surface area contributed by atoms with Gasteiger partial charge in [-0.2, -0.15) is 0 Å². The minimum atomic E-state index is -0.312. The van der Waals surface area contributed by atoms with E-state index in [2.05, 4.69) is 5.32 Å². The fourth-order valence-corrected chi connectivity index (χ4v) is 2.13. The molecule has 2 aromatic rings. The van der Waals surface area contributed by atoms with Gasteiger partial charge in [0, 0.05) is 18.2 Å². The fourth-order valence-electron chi connectivity index (χ4n) is 2.13. The second kappa shape index (κ2) is 8.19. The number of benzene rings is 2. The highest BCUT2D eigenvalue weighted by molar-refractivity contribution is 5.78. The maximum absolute atomic E-state index is 12.9. The zero-order chi connectivity index (χ0) is 17.5. The predicted octanol–water partition coefficient (Wildman–Crippen LogP) is 3.10. The molecule has 6 heteroatoms. The van der Waals surface area contributed by atoms with E-state index in [1.165, 1.54) is 26.4 Å². The molecule has 0 saturated heterocycles. The molecule has 1 N–H and O–H groups in total. The molecule has 0 aliphatic heterocycles. The maximum atomic E-state index is 12.9. The highest BCUT2D eigenvalue weighted by atomic mass is 19.1. The van der Waals surface area contributed by atoms with Crippen molar-refractivity contribution in [2.75, 3.05) is 20.8 Å². The lowest BCUT2D eigenvalue weighted by Crippen LogP contribution is -2.31. The van der Waals surface area contributed by atoms with Crippen molar-refractivity contribution in [2.24, 2.45) is 0 Å². The number of methoxy groups -OCH3 is 2. The Labute approximate surface area is 140 Å². The summed E-state index contributed by atoms with van der Waals surface area (Å²) in [6.07, 6.45) is 0. The van der Waals surface area contributed by atoms with Crippen molar-refractivity contribution in [3.05, 3.63) is 53.8 Å². The van der Waals surface area contributed by atoms with Crippen molar-refractivity contribution in [3.8, 4) is 17.2 Å². The number of ether oxygens (including phenoxy) is 3. The first kappa shape index (κ1) is 17.6. The van der Waals surface area contributed by atoms with Gasteiger partial charge in [-0.25, -0.2) is 4.39 Å². The number of carbonyl (C=O) groups is 1. The van der Waals surface area contributed by atoms with E-state index in [1.807, 2.05) is 6.92 Å². The van der Waals surface area contributed by atoms with Crippen molar-refractivity contribution < 1.29 is 23.4 Å². The third-order valence-electron chi connectivity index (χ3n) is 3.44. The molecule has 0 spiro atoms. The van der Waals surface area contributed by atoms with Gasteiger partial charge in [-0.3, -0.25) is 4.79 Å². The Bertz CT molecular complexity index is 666. The topological polar surface area (TPSA) is 56.8 Å². The molecule has 24 heavy (non-hydrogen) atoms. The van der Waals surface area contributed by atoms with Crippen LogP contribution in [0.1, 0.15) is 18.5 Å². The molecule has 5 nitrogen and oxygen atoms in total. The van der Waals surface area contributed by atoms with Crippen molar-refractivity contribution in [2.45, 2.75) is 13.0 Å². The lowest BCUT2D eigenvalue weighted by atomic mass is 10.1. The average molecular weight is 333 g/mol. The van der Waals surface area contributed by atoms with E-state index in [-0.39, 0.29) is 24.4 Å². The van der Waals surface area contributed by atoms with Crippen LogP contribution in [0.3, 0.4) is 0 Å². The number of rotatable bonds is 7. The van der Waals surface area contributed by atoms with Crippen LogP contribution in [0.2, 0.25) is 0 Å². The zero-order valence-electron chi connectivity index (χ0n) is 13.8. The molecule has 0 aliphatic rings. The van der Waals surface area contributed by atoms with Crippen molar-refractivity contribution >= 4 is 5.91 Å². The summed E-state index contributed by atoms with van der Waals surface area (Å²) in [6, 6.07) is 10.8. The normalized spacial score (nSPS) is 11.5. The van der Waals surface area contributed by atoms with Gasteiger partial charge in [-0.05, 0) is 24.6 Å². The van der Waals surface area contributed by atoms with E-state index in [0.717, 1.165) is 5.56 Å². The van der Waals surface area contributed by atoms with E-state index in [4.69, 9.17) is 14.2 Å². The SMILES string of the molecule is COc1cc(OC)cc(OCC(=O)N[C@@H](C)c2ccc(F)cc2)c1. The van der Waals surface area contributed by atoms with Crippen LogP contribution in [0.5, 0.6) is 17.2 Å². The highest BCUT2D eigenvalue weighted by Gasteiger charge is 2.11. The molecule has 1 amide bonds. The van der Waals surface area contributed by atoms with Crippen LogP contribution >= 0.6 is 0 Å². The molecule has 0 radical (unpaired) electrons. The van der Waals surface area contributed by atoms with E-state index in [0.29, 0.717) is 17.2 Å². The van der Waals surface area contributed by atoms with E-state index >= 15 is 0 Å². The van der Waals surface area contributed by atoms with Crippen LogP contribution in [0.4, 0.5) is 4.39 Å². The minimum absolute atomic E-state index is 0.151. The van der Waals surface area contributed by atoms with Gasteiger partial charge >= 0.3 is 0 Å². The summed E-state index contributed by atoms with van der Waals surface area (Å²) in [5.41, 5.74) is 0.813. The molecule has 0 unspecified atom stereocenters. The summed E-state index contributed by atoms with van der Waals surface area (Å²) >= 11 is 0. The third kappa shape index (κ3) is 4.87. The van der Waals surface area contributed by atoms with Crippen molar-refractivity contribution in [1.29, 1.82) is 0 Å². The van der Waals surface area contributed by atoms with Gasteiger partial charge in [0.2, 0.25) is 0 Å². The first-order chi connectivity index (χ1) is 11.5. The Morgan fingerprint density at radius 1 is 1.04 bits per heavy atom. The van der Waals surface area contributed by atoms with Gasteiger partial charge < -0.3 is 19.5 Å². The number of hydrogen-bond acceptors (Lipinski definition) is 4. The van der Waals surface area contributed by atoms with Crippen LogP contribution < -0.4 is 19.5 Å². The van der Waals surface area contributed by atoms with Crippen molar-refractivity contribution in [3.63, 3.8) is 0 Å². The first-order valence-electron chi connectivity index (χ1n) is 7.42. The van der Waals surface area contributed by atoms with E-state index in [9.17, 15) is 9.18 Å². The summed E-state index contributed by atoms with van der Waals surface area (Å²) in [4.78, 5) is 12.0. The predicted molar refractivity (Wildman–Crippen MR) is 88.0 cm³/mol. The smallest absolute Gasteiger partial charge is 0.258 e. The number of carbonyl (C=O) groups excluding carboxylic acids is 1. The molecule has 2 aromatic carbocycles. The largest absolute Gasteiger partial charge is 0.496 e. The molecule has 0 aromatic heterocycles. The van der Waals surface area contributed by atoms with Gasteiger partial charge in [0.15, 0.2) is 6.61 Å². The number of hydrogen-bond donors (Lipinski definition) is 1. The Morgan fingerprint density at radius 3 is 2.12 bits per heavy atom. The van der Waals surface area contributed by atoms with E-state index < -0.39 is 0 Å². The first-order valence-corrected chi connectivity index (χ1v) is 7.42. The number of halogens is 1. The van der Waals surface area contributed by atoms with E-state index in [1.54, 1.807) is 30.3 Å². The molecule has 0 fully saturated rings. The number of amides is 1. The number of nitrogens with one attached hydrogen (secondary N) is 1. The highest BCUT2D eigenvalue weighted by Crippen LogP contribution is 2.27. The summed E-state index contributed by atoms with van der Waals surface area (Å²) in [7, 11) is 3.07. The third-order valence-corrected chi connectivity index (χ3v) is 3.44. The molecule has 0 bridgehead atoms. The van der Waals surface area contributed by atoms with Crippen LogP contribution in [0.15, 0.2) is 42.5 Å². The molecule has 0 aliphatic carbocycles. The molecule has 0 heterocycles. The van der Waals surface area contributed by atoms with Gasteiger partial charge in [0.05, 0.1) is 20.3 Å².